The number of pyridine rings is 1. The van der Waals surface area contributed by atoms with Gasteiger partial charge in [-0.15, -0.1) is 11.3 Å². The number of carbonyl (C=O) groups is 2. The molecule has 0 saturated heterocycles. The molecule has 204 valence electrons. The van der Waals surface area contributed by atoms with Crippen molar-refractivity contribution in [1.29, 1.82) is 0 Å². The molecular weight excluding hydrogens is 535 g/mol. The summed E-state index contributed by atoms with van der Waals surface area (Å²) < 4.78 is 51.2. The van der Waals surface area contributed by atoms with Crippen LogP contribution in [0, 0.1) is 5.92 Å². The SMILES string of the molecule is CCN(C(=O)[C@@H](CC(=O)O)Cc1ccco1)c1nc(-c2cc(C(F)(F)F)ccc2-c2ccc(OC)nc2)cs1. The number of rotatable bonds is 10. The Kier molecular flexibility index (Phi) is 8.34. The second kappa shape index (κ2) is 11.7. The molecule has 4 rings (SSSR count). The van der Waals surface area contributed by atoms with Gasteiger partial charge in [-0.2, -0.15) is 13.2 Å². The van der Waals surface area contributed by atoms with E-state index < -0.39 is 36.0 Å². The van der Waals surface area contributed by atoms with Crippen LogP contribution in [0.4, 0.5) is 18.3 Å². The van der Waals surface area contributed by atoms with E-state index in [2.05, 4.69) is 9.97 Å². The number of halogens is 3. The van der Waals surface area contributed by atoms with Gasteiger partial charge in [0.05, 0.1) is 37.0 Å². The molecule has 0 radical (unpaired) electrons. The van der Waals surface area contributed by atoms with Crippen molar-refractivity contribution >= 4 is 28.3 Å². The number of alkyl halides is 3. The van der Waals surface area contributed by atoms with Crippen LogP contribution >= 0.6 is 11.3 Å². The molecule has 1 N–H and O–H groups in total. The van der Waals surface area contributed by atoms with E-state index >= 15 is 0 Å². The molecule has 3 heterocycles. The zero-order valence-electron chi connectivity index (χ0n) is 20.9. The molecule has 0 aliphatic rings. The van der Waals surface area contributed by atoms with Crippen LogP contribution in [0.3, 0.4) is 0 Å². The number of carboxylic acid groups (broad SMARTS) is 1. The number of hydrogen-bond acceptors (Lipinski definition) is 7. The van der Waals surface area contributed by atoms with Crippen molar-refractivity contribution < 1.29 is 37.0 Å². The van der Waals surface area contributed by atoms with E-state index in [9.17, 15) is 27.9 Å². The minimum atomic E-state index is -4.58. The summed E-state index contributed by atoms with van der Waals surface area (Å²) in [7, 11) is 1.46. The van der Waals surface area contributed by atoms with E-state index in [0.29, 0.717) is 22.8 Å². The molecule has 0 unspecified atom stereocenters. The van der Waals surface area contributed by atoms with Gasteiger partial charge in [-0.05, 0) is 42.8 Å². The van der Waals surface area contributed by atoms with E-state index in [-0.39, 0.29) is 29.4 Å². The zero-order chi connectivity index (χ0) is 28.2. The Morgan fingerprint density at radius 1 is 1.18 bits per heavy atom. The maximum absolute atomic E-state index is 13.6. The van der Waals surface area contributed by atoms with Crippen LogP contribution < -0.4 is 9.64 Å². The molecule has 1 atom stereocenters. The van der Waals surface area contributed by atoms with E-state index in [1.165, 1.54) is 30.5 Å². The highest BCUT2D eigenvalue weighted by atomic mass is 32.1. The van der Waals surface area contributed by atoms with Crippen molar-refractivity contribution in [2.24, 2.45) is 5.92 Å². The highest BCUT2D eigenvalue weighted by Crippen LogP contribution is 2.39. The molecule has 0 aliphatic carbocycles. The molecule has 8 nitrogen and oxygen atoms in total. The smallest absolute Gasteiger partial charge is 0.416 e. The molecule has 4 aromatic rings. The van der Waals surface area contributed by atoms with E-state index in [1.54, 1.807) is 36.6 Å². The molecule has 0 bridgehead atoms. The summed E-state index contributed by atoms with van der Waals surface area (Å²) in [6.07, 6.45) is -1.99. The number of carboxylic acids is 1. The molecule has 0 saturated carbocycles. The van der Waals surface area contributed by atoms with Crippen molar-refractivity contribution in [3.63, 3.8) is 0 Å². The molecule has 3 aromatic heterocycles. The van der Waals surface area contributed by atoms with Gasteiger partial charge in [-0.1, -0.05) is 6.07 Å². The number of aromatic nitrogens is 2. The summed E-state index contributed by atoms with van der Waals surface area (Å²) in [6, 6.07) is 9.94. The largest absolute Gasteiger partial charge is 0.481 e. The number of thiazole rings is 1. The number of aliphatic carboxylic acids is 1. The molecule has 39 heavy (non-hydrogen) atoms. The maximum atomic E-state index is 13.6. The molecule has 1 aromatic carbocycles. The van der Waals surface area contributed by atoms with E-state index in [0.717, 1.165) is 23.5 Å². The molecule has 0 spiro atoms. The highest BCUT2D eigenvalue weighted by molar-refractivity contribution is 7.14. The minimum absolute atomic E-state index is 0.0785. The molecule has 1 amide bonds. The van der Waals surface area contributed by atoms with Gasteiger partial charge in [0.15, 0.2) is 5.13 Å². The quantitative estimate of drug-likeness (QED) is 0.247. The van der Waals surface area contributed by atoms with Crippen LogP contribution in [-0.2, 0) is 22.2 Å². The number of anilines is 1. The van der Waals surface area contributed by atoms with Gasteiger partial charge in [0.2, 0.25) is 11.8 Å². The van der Waals surface area contributed by atoms with Gasteiger partial charge in [0.1, 0.15) is 5.76 Å². The third-order valence-corrected chi connectivity index (χ3v) is 6.85. The normalized spacial score (nSPS) is 12.2. The van der Waals surface area contributed by atoms with Gasteiger partial charge in [0.25, 0.3) is 0 Å². The fourth-order valence-corrected chi connectivity index (χ4v) is 4.99. The summed E-state index contributed by atoms with van der Waals surface area (Å²) in [5.74, 6) is -1.72. The lowest BCUT2D eigenvalue weighted by Crippen LogP contribution is -2.38. The van der Waals surface area contributed by atoms with Crippen LogP contribution in [0.1, 0.15) is 24.7 Å². The first kappa shape index (κ1) is 27.8. The summed E-state index contributed by atoms with van der Waals surface area (Å²) in [5, 5.41) is 11.2. The lowest BCUT2D eigenvalue weighted by molar-refractivity contribution is -0.140. The average Bonchev–Trinajstić information content (AvgIpc) is 3.60. The lowest BCUT2D eigenvalue weighted by Gasteiger charge is -2.23. The van der Waals surface area contributed by atoms with Gasteiger partial charge in [-0.25, -0.2) is 9.97 Å². The Labute approximate surface area is 225 Å². The standard InChI is InChI=1S/C27H24F3N3O5S/c1-3-33(25(36)17(12-24(34)35)11-19-5-4-10-38-19)26-32-22(15-39-26)21-13-18(27(28,29)30)7-8-20(21)16-6-9-23(37-2)31-14-16/h4-10,13-15,17H,3,11-12H2,1-2H3,(H,34,35)/t17-/m1/s1. The molecule has 12 heteroatoms. The fraction of sp³-hybridized carbons (Fsp3) is 0.259. The summed E-state index contributed by atoms with van der Waals surface area (Å²) in [6.45, 7) is 1.89. The minimum Gasteiger partial charge on any atom is -0.481 e. The van der Waals surface area contributed by atoms with Gasteiger partial charge >= 0.3 is 12.1 Å². The third kappa shape index (κ3) is 6.45. The highest BCUT2D eigenvalue weighted by Gasteiger charge is 2.32. The Bertz CT molecular complexity index is 1440. The molecule has 0 aliphatic heterocycles. The molecule has 0 fully saturated rings. The zero-order valence-corrected chi connectivity index (χ0v) is 21.8. The number of amides is 1. The van der Waals surface area contributed by atoms with Gasteiger partial charge in [-0.3, -0.25) is 14.5 Å². The summed E-state index contributed by atoms with van der Waals surface area (Å²) in [5.41, 5.74) is 0.614. The van der Waals surface area contributed by atoms with E-state index in [1.807, 2.05) is 0 Å². The Morgan fingerprint density at radius 3 is 2.56 bits per heavy atom. The second-order valence-electron chi connectivity index (χ2n) is 8.52. The van der Waals surface area contributed by atoms with Crippen LogP contribution in [0.25, 0.3) is 22.4 Å². The van der Waals surface area contributed by atoms with Crippen LogP contribution in [-0.4, -0.2) is 40.6 Å². The van der Waals surface area contributed by atoms with Crippen molar-refractivity contribution in [2.45, 2.75) is 25.9 Å². The topological polar surface area (TPSA) is 106 Å². The predicted molar refractivity (Wildman–Crippen MR) is 139 cm³/mol. The van der Waals surface area contributed by atoms with Gasteiger partial charge in [0, 0.05) is 41.7 Å². The van der Waals surface area contributed by atoms with Crippen molar-refractivity contribution in [1.82, 2.24) is 9.97 Å². The van der Waals surface area contributed by atoms with Crippen LogP contribution in [0.2, 0.25) is 0 Å². The Morgan fingerprint density at radius 2 is 1.97 bits per heavy atom. The second-order valence-corrected chi connectivity index (χ2v) is 9.36. The summed E-state index contributed by atoms with van der Waals surface area (Å²) in [4.78, 5) is 34.9. The van der Waals surface area contributed by atoms with Crippen molar-refractivity contribution in [3.8, 4) is 28.3 Å². The Hall–Kier alpha value is -4.19. The number of hydrogen-bond donors (Lipinski definition) is 1. The number of methoxy groups -OCH3 is 1. The monoisotopic (exact) mass is 559 g/mol. The average molecular weight is 560 g/mol. The number of benzene rings is 1. The first-order chi connectivity index (χ1) is 18.6. The number of carbonyl (C=O) groups excluding carboxylic acids is 1. The van der Waals surface area contributed by atoms with Gasteiger partial charge < -0.3 is 14.3 Å². The maximum Gasteiger partial charge on any atom is 0.416 e. The predicted octanol–water partition coefficient (Wildman–Crippen LogP) is 6.18. The Balaban J connectivity index is 1.72. The number of ether oxygens (including phenoxy) is 1. The summed E-state index contributed by atoms with van der Waals surface area (Å²) >= 11 is 1.08. The molecular formula is C27H24F3N3O5S. The van der Waals surface area contributed by atoms with Crippen molar-refractivity contribution in [2.75, 3.05) is 18.6 Å². The van der Waals surface area contributed by atoms with E-state index in [4.69, 9.17) is 9.15 Å². The fourth-order valence-electron chi connectivity index (χ4n) is 4.09. The number of furan rings is 1. The van der Waals surface area contributed by atoms with Crippen LogP contribution in [0.15, 0.2) is 64.7 Å². The third-order valence-electron chi connectivity index (χ3n) is 5.98. The first-order valence-corrected chi connectivity index (χ1v) is 12.7. The first-order valence-electron chi connectivity index (χ1n) is 11.8. The van der Waals surface area contributed by atoms with Crippen molar-refractivity contribution in [3.05, 3.63) is 71.6 Å². The lowest BCUT2D eigenvalue weighted by atomic mass is 9.96. The van der Waals surface area contributed by atoms with Crippen LogP contribution in [0.5, 0.6) is 5.88 Å². The number of nitrogens with zero attached hydrogens (tertiary/aromatic N) is 3.